The second-order valence-electron chi connectivity index (χ2n) is 4.00. The monoisotopic (exact) mass is 320 g/mol. The van der Waals surface area contributed by atoms with Crippen molar-refractivity contribution in [3.8, 4) is 0 Å². The summed E-state index contributed by atoms with van der Waals surface area (Å²) < 4.78 is 0. The van der Waals surface area contributed by atoms with Gasteiger partial charge in [-0.1, -0.05) is 0 Å². The standard InChI is InChI=1S/C9H20N8O5/c10-8(11)16-14-1-3(15-17-9(12)13)5(20)7(22)6(21)4(19)2-18/h1,4-7,18-22H,2H2,(H4,10,11,16)(H4,12,13,17)/b14-1?,15-3+. The van der Waals surface area contributed by atoms with E-state index in [0.717, 1.165) is 6.21 Å². The van der Waals surface area contributed by atoms with Crippen LogP contribution in [-0.2, 0) is 0 Å². The first-order chi connectivity index (χ1) is 10.2. The first-order valence-corrected chi connectivity index (χ1v) is 5.82. The first-order valence-electron chi connectivity index (χ1n) is 5.82. The van der Waals surface area contributed by atoms with Crippen LogP contribution in [0.1, 0.15) is 0 Å². The molecule has 13 heteroatoms. The van der Waals surface area contributed by atoms with Crippen molar-refractivity contribution >= 4 is 23.8 Å². The van der Waals surface area contributed by atoms with Crippen molar-refractivity contribution in [3.05, 3.63) is 0 Å². The molecule has 0 aliphatic rings. The molecule has 0 heterocycles. The molecule has 0 rings (SSSR count). The molecule has 0 fully saturated rings. The lowest BCUT2D eigenvalue weighted by atomic mass is 10.0. The van der Waals surface area contributed by atoms with Gasteiger partial charge >= 0.3 is 0 Å². The highest BCUT2D eigenvalue weighted by molar-refractivity contribution is 6.32. The molecule has 0 aromatic carbocycles. The third-order valence-electron chi connectivity index (χ3n) is 2.20. The third kappa shape index (κ3) is 6.91. The van der Waals surface area contributed by atoms with E-state index >= 15 is 0 Å². The quantitative estimate of drug-likeness (QED) is 0.117. The Bertz CT molecular complexity index is 457. The zero-order valence-corrected chi connectivity index (χ0v) is 11.4. The van der Waals surface area contributed by atoms with Crippen LogP contribution in [0.3, 0.4) is 0 Å². The SMILES string of the molecule is NC(N)=NN=C/C(=N\N=C(N)N)C(O)C(O)C(O)C(O)CO. The maximum Gasteiger partial charge on any atom is 0.211 e. The normalized spacial score (nSPS) is 17.6. The smallest absolute Gasteiger partial charge is 0.211 e. The zero-order chi connectivity index (χ0) is 17.3. The van der Waals surface area contributed by atoms with E-state index in [4.69, 9.17) is 28.0 Å². The Morgan fingerprint density at radius 2 is 1.41 bits per heavy atom. The Hall–Kier alpha value is -2.32. The lowest BCUT2D eigenvalue weighted by Crippen LogP contribution is -2.49. The van der Waals surface area contributed by atoms with Gasteiger partial charge in [0.1, 0.15) is 30.1 Å². The van der Waals surface area contributed by atoms with Crippen LogP contribution in [0.25, 0.3) is 0 Å². The molecule has 0 radical (unpaired) electrons. The summed E-state index contributed by atoms with van der Waals surface area (Å²) in [4.78, 5) is 0. The minimum atomic E-state index is -1.93. The lowest BCUT2D eigenvalue weighted by Gasteiger charge is -2.25. The van der Waals surface area contributed by atoms with Gasteiger partial charge in [0.05, 0.1) is 12.8 Å². The molecule has 13 N–H and O–H groups in total. The number of hydrogen-bond acceptors (Lipinski definition) is 9. The average molecular weight is 320 g/mol. The highest BCUT2D eigenvalue weighted by atomic mass is 16.4. The molecule has 0 aliphatic carbocycles. The van der Waals surface area contributed by atoms with Crippen molar-refractivity contribution in [2.45, 2.75) is 24.4 Å². The van der Waals surface area contributed by atoms with Gasteiger partial charge in [0, 0.05) is 0 Å². The van der Waals surface area contributed by atoms with E-state index in [1.54, 1.807) is 0 Å². The summed E-state index contributed by atoms with van der Waals surface area (Å²) in [7, 11) is 0. The number of hydrogen-bond donors (Lipinski definition) is 9. The van der Waals surface area contributed by atoms with Crippen molar-refractivity contribution in [1.82, 2.24) is 0 Å². The summed E-state index contributed by atoms with van der Waals surface area (Å²) >= 11 is 0. The summed E-state index contributed by atoms with van der Waals surface area (Å²) in [5.41, 5.74) is 19.8. The molecule has 0 aromatic heterocycles. The fourth-order valence-electron chi connectivity index (χ4n) is 1.13. The molecule has 22 heavy (non-hydrogen) atoms. The molecule has 4 atom stereocenters. The molecule has 4 unspecified atom stereocenters. The van der Waals surface area contributed by atoms with Crippen LogP contribution in [0.15, 0.2) is 20.4 Å². The summed E-state index contributed by atoms with van der Waals surface area (Å²) in [6.07, 6.45) is -6.54. The van der Waals surface area contributed by atoms with E-state index in [1.165, 1.54) is 0 Å². The van der Waals surface area contributed by atoms with Gasteiger partial charge in [-0.3, -0.25) is 0 Å². The van der Waals surface area contributed by atoms with Crippen LogP contribution in [-0.4, -0.2) is 80.4 Å². The van der Waals surface area contributed by atoms with Gasteiger partial charge in [-0.2, -0.15) is 5.10 Å². The summed E-state index contributed by atoms with van der Waals surface area (Å²) in [5.74, 6) is -0.839. The van der Waals surface area contributed by atoms with Gasteiger partial charge in [0.15, 0.2) is 0 Å². The molecule has 0 aromatic rings. The summed E-state index contributed by atoms with van der Waals surface area (Å²) in [6, 6.07) is 0. The number of nitrogens with zero attached hydrogens (tertiary/aromatic N) is 4. The highest BCUT2D eigenvalue weighted by Gasteiger charge is 2.32. The van der Waals surface area contributed by atoms with Gasteiger partial charge in [-0.15, -0.1) is 15.3 Å². The molecule has 0 saturated carbocycles. The van der Waals surface area contributed by atoms with E-state index in [1.807, 2.05) is 0 Å². The van der Waals surface area contributed by atoms with Gasteiger partial charge in [-0.05, 0) is 0 Å². The van der Waals surface area contributed by atoms with Crippen LogP contribution < -0.4 is 22.9 Å². The predicted octanol–water partition coefficient (Wildman–Crippen LogP) is -5.69. The number of nitrogens with two attached hydrogens (primary N) is 4. The molecule has 0 bridgehead atoms. The fraction of sp³-hybridized carbons (Fsp3) is 0.556. The van der Waals surface area contributed by atoms with Gasteiger partial charge < -0.3 is 48.5 Å². The molecule has 0 amide bonds. The zero-order valence-electron chi connectivity index (χ0n) is 11.4. The van der Waals surface area contributed by atoms with Crippen molar-refractivity contribution in [2.24, 2.45) is 43.3 Å². The number of rotatable bonds is 8. The van der Waals surface area contributed by atoms with Crippen molar-refractivity contribution in [3.63, 3.8) is 0 Å². The summed E-state index contributed by atoms with van der Waals surface area (Å²) in [6.45, 7) is -0.840. The molecular weight excluding hydrogens is 300 g/mol. The van der Waals surface area contributed by atoms with Crippen LogP contribution in [0.5, 0.6) is 0 Å². The number of aliphatic hydroxyl groups is 5. The first kappa shape index (κ1) is 19.7. The highest BCUT2D eigenvalue weighted by Crippen LogP contribution is 2.06. The Labute approximate surface area is 125 Å². The van der Waals surface area contributed by atoms with Gasteiger partial charge in [-0.25, -0.2) is 0 Å². The maximum absolute atomic E-state index is 9.88. The Balaban J connectivity index is 5.32. The van der Waals surface area contributed by atoms with Crippen molar-refractivity contribution in [1.29, 1.82) is 0 Å². The Morgan fingerprint density at radius 3 is 1.86 bits per heavy atom. The Morgan fingerprint density at radius 1 is 0.864 bits per heavy atom. The minimum absolute atomic E-state index is 0.386. The molecule has 0 saturated heterocycles. The van der Waals surface area contributed by atoms with Crippen LogP contribution >= 0.6 is 0 Å². The molecule has 126 valence electrons. The van der Waals surface area contributed by atoms with E-state index in [0.29, 0.717) is 0 Å². The van der Waals surface area contributed by atoms with Crippen LogP contribution in [0, 0.1) is 0 Å². The average Bonchev–Trinajstić information content (AvgIpc) is 2.46. The van der Waals surface area contributed by atoms with E-state index in [2.05, 4.69) is 20.4 Å². The largest absolute Gasteiger partial charge is 0.394 e. The number of guanidine groups is 2. The summed E-state index contributed by atoms with van der Waals surface area (Å²) in [5, 5.41) is 60.3. The van der Waals surface area contributed by atoms with E-state index < -0.39 is 42.7 Å². The minimum Gasteiger partial charge on any atom is -0.394 e. The second kappa shape index (κ2) is 9.59. The van der Waals surface area contributed by atoms with E-state index in [-0.39, 0.29) is 5.96 Å². The topological polar surface area (TPSA) is 255 Å². The molecule has 13 nitrogen and oxygen atoms in total. The lowest BCUT2D eigenvalue weighted by molar-refractivity contribution is -0.100. The fourth-order valence-corrected chi connectivity index (χ4v) is 1.13. The third-order valence-corrected chi connectivity index (χ3v) is 2.20. The maximum atomic E-state index is 9.88. The van der Waals surface area contributed by atoms with Crippen molar-refractivity contribution < 1.29 is 25.5 Å². The van der Waals surface area contributed by atoms with Crippen LogP contribution in [0.2, 0.25) is 0 Å². The second-order valence-corrected chi connectivity index (χ2v) is 4.00. The van der Waals surface area contributed by atoms with Gasteiger partial charge in [0.2, 0.25) is 11.9 Å². The molecule has 0 spiro atoms. The van der Waals surface area contributed by atoms with E-state index in [9.17, 15) is 20.4 Å². The molecule has 0 aliphatic heterocycles. The number of aliphatic hydroxyl groups excluding tert-OH is 5. The van der Waals surface area contributed by atoms with Crippen molar-refractivity contribution in [2.75, 3.05) is 6.61 Å². The van der Waals surface area contributed by atoms with Crippen LogP contribution in [0.4, 0.5) is 0 Å². The predicted molar refractivity (Wildman–Crippen MR) is 78.7 cm³/mol. The molecular formula is C9H20N8O5. The Kier molecular flexibility index (Phi) is 8.58. The van der Waals surface area contributed by atoms with Gasteiger partial charge in [0.25, 0.3) is 0 Å².